The van der Waals surface area contributed by atoms with Gasteiger partial charge in [0.2, 0.25) is 0 Å². The molecule has 2 aliphatic rings. The lowest BCUT2D eigenvalue weighted by molar-refractivity contribution is -0.184. The molecule has 7 nitrogen and oxygen atoms in total. The van der Waals surface area contributed by atoms with Crippen LogP contribution < -0.4 is 5.32 Å². The van der Waals surface area contributed by atoms with Crippen molar-refractivity contribution in [2.75, 3.05) is 18.9 Å². The van der Waals surface area contributed by atoms with Gasteiger partial charge < -0.3 is 10.4 Å². The third kappa shape index (κ3) is 7.33. The maximum absolute atomic E-state index is 13.3. The van der Waals surface area contributed by atoms with E-state index >= 15 is 0 Å². The Balaban J connectivity index is 1.31. The molecule has 0 bridgehead atoms. The standard InChI is InChI=1S/C33H38F3N3O4S/c1-2-44(42,43)28-14-10-24(11-15-28)29(21-40)38-32(41)25-17-26-20-39(19-23-8-12-27(13-9-23)33(34,35)36)30(31(26)37-18-25)16-22-6-4-3-5-7-22/h3-7,10-11,14-15,17-18,23,27,29-30,40H,2,8-9,12-13,16,19-21H2,1H3,(H,38,41)/t23?,27?,29-,30+/m0/s1. The van der Waals surface area contributed by atoms with Crippen LogP contribution in [0.25, 0.3) is 0 Å². The van der Waals surface area contributed by atoms with Crippen LogP contribution in [0.3, 0.4) is 0 Å². The minimum absolute atomic E-state index is 0.0271. The summed E-state index contributed by atoms with van der Waals surface area (Å²) in [6.07, 6.45) is -0.543. The number of sulfone groups is 1. The zero-order valence-corrected chi connectivity index (χ0v) is 25.4. The van der Waals surface area contributed by atoms with Gasteiger partial charge in [-0.2, -0.15) is 13.2 Å². The minimum atomic E-state index is -4.14. The fourth-order valence-corrected chi connectivity index (χ4v) is 7.27. The first-order valence-electron chi connectivity index (χ1n) is 15.1. The molecule has 0 saturated heterocycles. The number of alkyl halides is 3. The third-order valence-electron chi connectivity index (χ3n) is 8.98. The lowest BCUT2D eigenvalue weighted by atomic mass is 9.81. The number of carbonyl (C=O) groups is 1. The number of nitrogens with zero attached hydrogens (tertiary/aromatic N) is 2. The van der Waals surface area contributed by atoms with Crippen LogP contribution in [0, 0.1) is 11.8 Å². The summed E-state index contributed by atoms with van der Waals surface area (Å²) in [6.45, 7) is 2.39. The predicted molar refractivity (Wildman–Crippen MR) is 160 cm³/mol. The summed E-state index contributed by atoms with van der Waals surface area (Å²) >= 11 is 0. The lowest BCUT2D eigenvalue weighted by Crippen LogP contribution is -2.34. The molecule has 44 heavy (non-hydrogen) atoms. The molecule has 1 saturated carbocycles. The number of aromatic nitrogens is 1. The molecule has 0 radical (unpaired) electrons. The van der Waals surface area contributed by atoms with E-state index < -0.39 is 33.9 Å². The molecule has 5 rings (SSSR count). The number of halogens is 3. The predicted octanol–water partition coefficient (Wildman–Crippen LogP) is 5.81. The molecule has 0 unspecified atom stereocenters. The molecule has 2 atom stereocenters. The van der Waals surface area contributed by atoms with E-state index in [0.29, 0.717) is 43.5 Å². The van der Waals surface area contributed by atoms with Crippen molar-refractivity contribution in [2.24, 2.45) is 11.8 Å². The fourth-order valence-electron chi connectivity index (χ4n) is 6.38. The monoisotopic (exact) mass is 629 g/mol. The summed E-state index contributed by atoms with van der Waals surface area (Å²) in [6, 6.07) is 17.1. The Kier molecular flexibility index (Phi) is 9.77. The molecule has 1 aliphatic carbocycles. The van der Waals surface area contributed by atoms with Crippen LogP contribution in [-0.2, 0) is 22.8 Å². The highest BCUT2D eigenvalue weighted by Gasteiger charge is 2.42. The van der Waals surface area contributed by atoms with Gasteiger partial charge in [-0.1, -0.05) is 49.4 Å². The minimum Gasteiger partial charge on any atom is -0.394 e. The van der Waals surface area contributed by atoms with Crippen molar-refractivity contribution in [1.29, 1.82) is 0 Å². The second-order valence-corrected chi connectivity index (χ2v) is 14.1. The summed E-state index contributed by atoms with van der Waals surface area (Å²) in [5.41, 5.74) is 3.79. The van der Waals surface area contributed by atoms with Gasteiger partial charge in [-0.05, 0) is 72.9 Å². The van der Waals surface area contributed by atoms with Crippen molar-refractivity contribution >= 4 is 15.7 Å². The number of amides is 1. The van der Waals surface area contributed by atoms with E-state index in [1.54, 1.807) is 19.1 Å². The van der Waals surface area contributed by atoms with Crippen LogP contribution in [-0.4, -0.2) is 54.4 Å². The number of carbonyl (C=O) groups excluding carboxylic acids is 1. The summed E-state index contributed by atoms with van der Waals surface area (Å²) in [5.74, 6) is -1.51. The van der Waals surface area contributed by atoms with Crippen molar-refractivity contribution in [3.05, 3.63) is 94.8 Å². The van der Waals surface area contributed by atoms with Crippen molar-refractivity contribution in [3.63, 3.8) is 0 Å². The van der Waals surface area contributed by atoms with Gasteiger partial charge >= 0.3 is 6.18 Å². The van der Waals surface area contributed by atoms with E-state index in [2.05, 4.69) is 10.2 Å². The summed E-state index contributed by atoms with van der Waals surface area (Å²) in [5, 5.41) is 12.8. The van der Waals surface area contributed by atoms with Crippen molar-refractivity contribution in [1.82, 2.24) is 15.2 Å². The number of pyridine rings is 1. The molecule has 1 amide bonds. The Morgan fingerprint density at radius 3 is 2.36 bits per heavy atom. The number of benzene rings is 2. The van der Waals surface area contributed by atoms with Gasteiger partial charge in [0, 0.05) is 19.3 Å². The van der Waals surface area contributed by atoms with Gasteiger partial charge in [0.05, 0.1) is 46.5 Å². The van der Waals surface area contributed by atoms with Gasteiger partial charge in [0.1, 0.15) is 0 Å². The van der Waals surface area contributed by atoms with Gasteiger partial charge in [-0.25, -0.2) is 8.42 Å². The molecule has 3 aromatic rings. The van der Waals surface area contributed by atoms with E-state index in [1.165, 1.54) is 18.3 Å². The largest absolute Gasteiger partial charge is 0.394 e. The number of rotatable bonds is 10. The summed E-state index contributed by atoms with van der Waals surface area (Å²) in [4.78, 5) is 20.5. The molecule has 2 N–H and O–H groups in total. The molecule has 1 fully saturated rings. The highest BCUT2D eigenvalue weighted by Crippen LogP contribution is 2.42. The number of nitrogens with one attached hydrogen (secondary N) is 1. The first-order valence-corrected chi connectivity index (χ1v) is 16.7. The topological polar surface area (TPSA) is 99.6 Å². The van der Waals surface area contributed by atoms with Gasteiger partial charge in [-0.15, -0.1) is 0 Å². The quantitative estimate of drug-likeness (QED) is 0.294. The first kappa shape index (κ1) is 32.1. The Bertz CT molecular complexity index is 1540. The number of fused-ring (bicyclic) bond motifs is 1. The molecule has 2 aromatic carbocycles. The van der Waals surface area contributed by atoms with Gasteiger partial charge in [0.25, 0.3) is 5.91 Å². The fraction of sp³-hybridized carbons (Fsp3) is 0.455. The van der Waals surface area contributed by atoms with E-state index in [9.17, 15) is 31.5 Å². The van der Waals surface area contributed by atoms with Crippen molar-refractivity contribution in [3.8, 4) is 0 Å². The maximum Gasteiger partial charge on any atom is 0.391 e. The SMILES string of the molecule is CCS(=O)(=O)c1ccc([C@H](CO)NC(=O)c2cnc3c(c2)CN(CC2CCC(C(F)(F)F)CC2)[C@@H]3Cc2ccccc2)cc1. The number of hydrogen-bond donors (Lipinski definition) is 2. The van der Waals surface area contributed by atoms with Gasteiger partial charge in [-0.3, -0.25) is 14.7 Å². The highest BCUT2D eigenvalue weighted by molar-refractivity contribution is 7.91. The van der Waals surface area contributed by atoms with Crippen LogP contribution in [0.4, 0.5) is 13.2 Å². The second kappa shape index (κ2) is 13.4. The number of hydrogen-bond acceptors (Lipinski definition) is 6. The van der Waals surface area contributed by atoms with Gasteiger partial charge in [0.15, 0.2) is 9.84 Å². The third-order valence-corrected chi connectivity index (χ3v) is 10.7. The summed E-state index contributed by atoms with van der Waals surface area (Å²) < 4.78 is 64.0. The van der Waals surface area contributed by atoms with Crippen LogP contribution in [0.2, 0.25) is 0 Å². The zero-order valence-electron chi connectivity index (χ0n) is 24.6. The second-order valence-electron chi connectivity index (χ2n) is 11.8. The van der Waals surface area contributed by atoms with Crippen LogP contribution in [0.1, 0.15) is 77.4 Å². The van der Waals surface area contributed by atoms with Crippen molar-refractivity contribution in [2.45, 2.75) is 68.7 Å². The lowest BCUT2D eigenvalue weighted by Gasteiger charge is -2.34. The van der Waals surface area contributed by atoms with Crippen LogP contribution >= 0.6 is 0 Å². The van der Waals surface area contributed by atoms with E-state index in [0.717, 1.165) is 16.8 Å². The van der Waals surface area contributed by atoms with E-state index in [-0.39, 0.29) is 42.1 Å². The maximum atomic E-state index is 13.3. The van der Waals surface area contributed by atoms with Crippen molar-refractivity contribution < 1.29 is 31.5 Å². The summed E-state index contributed by atoms with van der Waals surface area (Å²) in [7, 11) is -3.37. The molecular formula is C33H38F3N3O4S. The average molecular weight is 630 g/mol. The Morgan fingerprint density at radius 1 is 1.07 bits per heavy atom. The molecular weight excluding hydrogens is 591 g/mol. The number of aliphatic hydroxyl groups excluding tert-OH is 1. The molecule has 2 heterocycles. The smallest absolute Gasteiger partial charge is 0.391 e. The van der Waals surface area contributed by atoms with Crippen LogP contribution in [0.15, 0.2) is 71.8 Å². The Hall–Kier alpha value is -3.28. The normalized spacial score (nSPS) is 21.5. The molecule has 1 aliphatic heterocycles. The molecule has 1 aromatic heterocycles. The van der Waals surface area contributed by atoms with E-state index in [4.69, 9.17) is 4.98 Å². The number of aliphatic hydroxyl groups is 1. The Labute approximate surface area is 256 Å². The molecule has 11 heteroatoms. The zero-order chi connectivity index (χ0) is 31.5. The van der Waals surface area contributed by atoms with E-state index in [1.807, 2.05) is 36.4 Å². The molecule has 0 spiro atoms. The average Bonchev–Trinajstić information content (AvgIpc) is 3.35. The Morgan fingerprint density at radius 2 is 1.75 bits per heavy atom. The highest BCUT2D eigenvalue weighted by atomic mass is 32.2. The molecule has 236 valence electrons. The van der Waals surface area contributed by atoms with Crippen LogP contribution in [0.5, 0.6) is 0 Å². The first-order chi connectivity index (χ1) is 21.0.